The van der Waals surface area contributed by atoms with Gasteiger partial charge in [-0.25, -0.2) is 8.42 Å². The number of piperidine rings is 1. The highest BCUT2D eigenvalue weighted by molar-refractivity contribution is 7.89. The first-order valence-electron chi connectivity index (χ1n) is 9.10. The Bertz CT molecular complexity index is 729. The van der Waals surface area contributed by atoms with Gasteiger partial charge in [0.2, 0.25) is 15.9 Å². The highest BCUT2D eigenvalue weighted by atomic mass is 35.5. The molecule has 27 heavy (non-hydrogen) atoms. The molecule has 1 aromatic rings. The largest absolute Gasteiger partial charge is 0.497 e. The Hall–Kier alpha value is -1.35. The number of ether oxygens (including phenoxy) is 1. The van der Waals surface area contributed by atoms with Crippen LogP contribution in [0.5, 0.6) is 5.75 Å². The summed E-state index contributed by atoms with van der Waals surface area (Å²) in [5.41, 5.74) is 5.74. The minimum absolute atomic E-state index is 0. The van der Waals surface area contributed by atoms with Gasteiger partial charge in [0.15, 0.2) is 0 Å². The number of nitrogens with zero attached hydrogens (tertiary/aromatic N) is 1. The molecule has 0 spiro atoms. The van der Waals surface area contributed by atoms with Crippen LogP contribution in [0.15, 0.2) is 29.2 Å². The van der Waals surface area contributed by atoms with Crippen LogP contribution < -0.4 is 15.8 Å². The predicted molar refractivity (Wildman–Crippen MR) is 105 cm³/mol. The minimum Gasteiger partial charge on any atom is -0.497 e. The topological polar surface area (TPSA) is 102 Å². The molecular weight excluding hydrogens is 390 g/mol. The van der Waals surface area contributed by atoms with E-state index in [0.717, 1.165) is 12.8 Å². The molecule has 1 amide bonds. The molecule has 7 nitrogen and oxygen atoms in total. The SMILES string of the molecule is COc1ccc(S(=O)(=O)N2CCC(C(=O)NC(CN)C3CC3)CC2)cc1.Cl. The van der Waals surface area contributed by atoms with Crippen LogP contribution in [-0.2, 0) is 14.8 Å². The number of methoxy groups -OCH3 is 1. The molecule has 0 aromatic heterocycles. The molecule has 1 atom stereocenters. The van der Waals surface area contributed by atoms with Gasteiger partial charge in [0.05, 0.1) is 12.0 Å². The summed E-state index contributed by atoms with van der Waals surface area (Å²) in [5.74, 6) is 0.989. The number of carbonyl (C=O) groups is 1. The maximum Gasteiger partial charge on any atom is 0.243 e. The van der Waals surface area contributed by atoms with Crippen LogP contribution in [-0.4, -0.2) is 51.4 Å². The number of amides is 1. The average Bonchev–Trinajstić information content (AvgIpc) is 3.51. The molecule has 1 saturated heterocycles. The Morgan fingerprint density at radius 1 is 1.22 bits per heavy atom. The van der Waals surface area contributed by atoms with E-state index in [4.69, 9.17) is 10.5 Å². The van der Waals surface area contributed by atoms with Gasteiger partial charge in [0.25, 0.3) is 0 Å². The van der Waals surface area contributed by atoms with E-state index in [1.165, 1.54) is 11.4 Å². The second kappa shape index (κ2) is 9.23. The molecule has 2 aliphatic rings. The lowest BCUT2D eigenvalue weighted by Gasteiger charge is -2.31. The van der Waals surface area contributed by atoms with Crippen molar-refractivity contribution in [1.82, 2.24) is 9.62 Å². The molecule has 1 unspecified atom stereocenters. The summed E-state index contributed by atoms with van der Waals surface area (Å²) in [6.07, 6.45) is 3.31. The third-order valence-electron chi connectivity index (χ3n) is 5.29. The fraction of sp³-hybridized carbons (Fsp3) is 0.611. The summed E-state index contributed by atoms with van der Waals surface area (Å²) in [7, 11) is -2.00. The van der Waals surface area contributed by atoms with Crippen LogP contribution in [0.2, 0.25) is 0 Å². The summed E-state index contributed by atoms with van der Waals surface area (Å²) in [6.45, 7) is 1.16. The number of nitrogens with two attached hydrogens (primary N) is 1. The molecule has 1 aliphatic heterocycles. The number of hydrogen-bond donors (Lipinski definition) is 2. The molecule has 1 saturated carbocycles. The molecule has 3 N–H and O–H groups in total. The van der Waals surface area contributed by atoms with E-state index in [1.54, 1.807) is 24.3 Å². The summed E-state index contributed by atoms with van der Waals surface area (Å²) in [4.78, 5) is 12.7. The predicted octanol–water partition coefficient (Wildman–Crippen LogP) is 1.37. The van der Waals surface area contributed by atoms with Crippen molar-refractivity contribution in [2.75, 3.05) is 26.7 Å². The zero-order chi connectivity index (χ0) is 18.7. The van der Waals surface area contributed by atoms with Crippen LogP contribution in [0.1, 0.15) is 25.7 Å². The second-order valence-electron chi connectivity index (χ2n) is 7.04. The number of carbonyl (C=O) groups excluding carboxylic acids is 1. The van der Waals surface area contributed by atoms with Gasteiger partial charge in [-0.1, -0.05) is 0 Å². The van der Waals surface area contributed by atoms with Crippen LogP contribution >= 0.6 is 12.4 Å². The number of halogens is 1. The highest BCUT2D eigenvalue weighted by Crippen LogP contribution is 2.32. The Kier molecular flexibility index (Phi) is 7.50. The summed E-state index contributed by atoms with van der Waals surface area (Å²) >= 11 is 0. The molecule has 1 heterocycles. The molecule has 2 fully saturated rings. The smallest absolute Gasteiger partial charge is 0.243 e. The van der Waals surface area contributed by atoms with Crippen LogP contribution in [0.4, 0.5) is 0 Å². The Morgan fingerprint density at radius 3 is 2.30 bits per heavy atom. The van der Waals surface area contributed by atoms with Gasteiger partial charge in [0.1, 0.15) is 5.75 Å². The van der Waals surface area contributed by atoms with Crippen molar-refractivity contribution in [3.63, 3.8) is 0 Å². The van der Waals surface area contributed by atoms with Crippen LogP contribution in [0.25, 0.3) is 0 Å². The molecule has 9 heteroatoms. The number of nitrogens with one attached hydrogen (secondary N) is 1. The Balaban J connectivity index is 0.00000261. The number of sulfonamides is 1. The van der Waals surface area contributed by atoms with Crippen molar-refractivity contribution in [2.24, 2.45) is 17.6 Å². The van der Waals surface area contributed by atoms with Crippen molar-refractivity contribution < 1.29 is 17.9 Å². The number of hydrogen-bond acceptors (Lipinski definition) is 5. The van der Waals surface area contributed by atoms with Crippen molar-refractivity contribution in [3.05, 3.63) is 24.3 Å². The van der Waals surface area contributed by atoms with Gasteiger partial charge in [0, 0.05) is 31.6 Å². The van der Waals surface area contributed by atoms with Gasteiger partial charge in [-0.2, -0.15) is 4.31 Å². The number of rotatable bonds is 7. The first kappa shape index (κ1) is 21.9. The quantitative estimate of drug-likeness (QED) is 0.697. The van der Waals surface area contributed by atoms with Crippen molar-refractivity contribution in [3.8, 4) is 5.75 Å². The standard InChI is InChI=1S/C18H27N3O4S.ClH/c1-25-15-4-6-16(7-5-15)26(23,24)21-10-8-14(9-11-21)18(22)20-17(12-19)13-2-3-13;/h4-7,13-14,17H,2-3,8-12,19H2,1H3,(H,20,22);1H. The summed E-state index contributed by atoms with van der Waals surface area (Å²) in [6, 6.07) is 6.43. The molecule has 152 valence electrons. The number of benzene rings is 1. The molecule has 1 aliphatic carbocycles. The van der Waals surface area contributed by atoms with Gasteiger partial charge in [-0.15, -0.1) is 12.4 Å². The Morgan fingerprint density at radius 2 is 1.81 bits per heavy atom. The van der Waals surface area contributed by atoms with Gasteiger partial charge < -0.3 is 15.8 Å². The first-order valence-corrected chi connectivity index (χ1v) is 10.5. The zero-order valence-corrected chi connectivity index (χ0v) is 17.1. The summed E-state index contributed by atoms with van der Waals surface area (Å²) < 4.78 is 32.0. The molecular formula is C18H28ClN3O4S. The molecule has 0 bridgehead atoms. The molecule has 0 radical (unpaired) electrons. The van der Waals surface area contributed by atoms with E-state index >= 15 is 0 Å². The normalized spacial score (nSPS) is 19.8. The fourth-order valence-corrected chi connectivity index (χ4v) is 4.89. The lowest BCUT2D eigenvalue weighted by Crippen LogP contribution is -2.47. The van der Waals surface area contributed by atoms with Crippen molar-refractivity contribution in [1.29, 1.82) is 0 Å². The monoisotopic (exact) mass is 417 g/mol. The van der Waals surface area contributed by atoms with E-state index in [-0.39, 0.29) is 35.2 Å². The van der Waals surface area contributed by atoms with Crippen LogP contribution in [0, 0.1) is 11.8 Å². The van der Waals surface area contributed by atoms with Gasteiger partial charge in [-0.3, -0.25) is 4.79 Å². The van der Waals surface area contributed by atoms with Gasteiger partial charge in [-0.05, 0) is 55.9 Å². The zero-order valence-electron chi connectivity index (χ0n) is 15.5. The summed E-state index contributed by atoms with van der Waals surface area (Å²) in [5, 5.41) is 3.05. The molecule has 3 rings (SSSR count). The maximum atomic E-state index is 12.8. The van der Waals surface area contributed by atoms with E-state index in [2.05, 4.69) is 5.32 Å². The van der Waals surface area contributed by atoms with Crippen LogP contribution in [0.3, 0.4) is 0 Å². The maximum absolute atomic E-state index is 12.8. The lowest BCUT2D eigenvalue weighted by atomic mass is 9.96. The fourth-order valence-electron chi connectivity index (χ4n) is 3.42. The average molecular weight is 418 g/mol. The van der Waals surface area contributed by atoms with E-state index in [0.29, 0.717) is 44.1 Å². The third kappa shape index (κ3) is 5.13. The van der Waals surface area contributed by atoms with Gasteiger partial charge >= 0.3 is 0 Å². The molecule has 1 aromatic carbocycles. The van der Waals surface area contributed by atoms with Crippen molar-refractivity contribution >= 4 is 28.3 Å². The van der Waals surface area contributed by atoms with E-state index in [1.807, 2.05) is 0 Å². The first-order chi connectivity index (χ1) is 12.5. The minimum atomic E-state index is -3.54. The second-order valence-corrected chi connectivity index (χ2v) is 8.98. The third-order valence-corrected chi connectivity index (χ3v) is 7.21. The van der Waals surface area contributed by atoms with E-state index in [9.17, 15) is 13.2 Å². The van der Waals surface area contributed by atoms with E-state index < -0.39 is 10.0 Å². The highest BCUT2D eigenvalue weighted by Gasteiger charge is 2.35. The van der Waals surface area contributed by atoms with Crippen molar-refractivity contribution in [2.45, 2.75) is 36.6 Å². The Labute approximate surface area is 167 Å². The lowest BCUT2D eigenvalue weighted by molar-refractivity contribution is -0.126.